The first-order valence-electron chi connectivity index (χ1n) is 8.56. The van der Waals surface area contributed by atoms with Gasteiger partial charge in [-0.2, -0.15) is 18.4 Å². The van der Waals surface area contributed by atoms with Crippen molar-refractivity contribution in [2.24, 2.45) is 5.16 Å². The predicted octanol–water partition coefficient (Wildman–Crippen LogP) is 2.97. The van der Waals surface area contributed by atoms with E-state index in [0.717, 1.165) is 17.7 Å². The van der Waals surface area contributed by atoms with Crippen LogP contribution in [0.15, 0.2) is 52.5 Å². The fraction of sp³-hybridized carbons (Fsp3) is 0.111. The molecule has 0 fully saturated rings. The van der Waals surface area contributed by atoms with Gasteiger partial charge in [-0.15, -0.1) is 0 Å². The molecule has 0 unspecified atom stereocenters. The Bertz CT molecular complexity index is 1170. The monoisotopic (exact) mass is 449 g/mol. The van der Waals surface area contributed by atoms with Crippen LogP contribution >= 0.6 is 0 Å². The minimum absolute atomic E-state index is 0.0350. The third-order valence-electron chi connectivity index (χ3n) is 3.72. The zero-order valence-corrected chi connectivity index (χ0v) is 15.7. The number of carbonyl (C=O) groups excluding carboxylic acids is 1. The second kappa shape index (κ2) is 9.51. The summed E-state index contributed by atoms with van der Waals surface area (Å²) in [5.74, 6) is -3.99. The maximum absolute atomic E-state index is 13.6. The average molecular weight is 449 g/mol. The molecule has 0 aliphatic heterocycles. The number of pyridine rings is 1. The number of alkyl halides is 3. The van der Waals surface area contributed by atoms with Crippen LogP contribution in [-0.2, 0) is 16.2 Å². The van der Waals surface area contributed by atoms with E-state index in [0.29, 0.717) is 0 Å². The predicted molar refractivity (Wildman–Crippen MR) is 99.3 cm³/mol. The van der Waals surface area contributed by atoms with Crippen molar-refractivity contribution >= 4 is 23.3 Å². The maximum atomic E-state index is 13.6. The first kappa shape index (κ1) is 22.2. The number of nitrogens with zero attached hydrogens (tertiary/aromatic N) is 5. The van der Waals surface area contributed by atoms with Crippen molar-refractivity contribution in [3.63, 3.8) is 0 Å². The molecule has 0 amide bonds. The van der Waals surface area contributed by atoms with E-state index < -0.39 is 23.8 Å². The molecule has 32 heavy (non-hydrogen) atoms. The maximum Gasteiger partial charge on any atom is 0.493 e. The second-order valence-electron chi connectivity index (χ2n) is 5.92. The molecule has 14 heteroatoms. The number of benzene rings is 1. The Labute approximate surface area is 176 Å². The topological polar surface area (TPSA) is 138 Å². The zero-order valence-electron chi connectivity index (χ0n) is 15.7. The molecule has 0 bridgehead atoms. The molecule has 2 heterocycles. The Balaban J connectivity index is 1.90. The van der Waals surface area contributed by atoms with Crippen molar-refractivity contribution in [3.05, 3.63) is 65.4 Å². The first-order valence-corrected chi connectivity index (χ1v) is 8.56. The van der Waals surface area contributed by atoms with Crippen molar-refractivity contribution in [2.45, 2.75) is 12.7 Å². The van der Waals surface area contributed by atoms with Gasteiger partial charge in [-0.3, -0.25) is 4.98 Å². The lowest BCUT2D eigenvalue weighted by molar-refractivity contribution is -0.199. The van der Waals surface area contributed by atoms with Crippen molar-refractivity contribution in [3.8, 4) is 6.07 Å². The van der Waals surface area contributed by atoms with E-state index in [1.807, 2.05) is 0 Å². The molecule has 0 saturated carbocycles. The van der Waals surface area contributed by atoms with E-state index in [2.05, 4.69) is 40.6 Å². The number of hydrogen-bond donors (Lipinski definition) is 2. The van der Waals surface area contributed by atoms with Crippen LogP contribution in [0.1, 0.15) is 16.8 Å². The molecular weight excluding hydrogens is 438 g/mol. The highest BCUT2D eigenvalue weighted by molar-refractivity contribution is 6.09. The Morgan fingerprint density at radius 2 is 1.97 bits per heavy atom. The quantitative estimate of drug-likeness (QED) is 0.191. The largest absolute Gasteiger partial charge is 0.493 e. The second-order valence-corrected chi connectivity index (χ2v) is 5.92. The number of halogens is 4. The van der Waals surface area contributed by atoms with Crippen LogP contribution in [0.25, 0.3) is 0 Å². The Hall–Kier alpha value is -4.54. The lowest BCUT2D eigenvalue weighted by Crippen LogP contribution is -2.25. The number of carbonyl (C=O) groups is 1. The fourth-order valence-corrected chi connectivity index (χ4v) is 2.24. The summed E-state index contributed by atoms with van der Waals surface area (Å²) in [5, 5.41) is 24.6. The summed E-state index contributed by atoms with van der Waals surface area (Å²) in [7, 11) is 0. The normalized spacial score (nSPS) is 11.5. The lowest BCUT2D eigenvalue weighted by Gasteiger charge is -2.10. The van der Waals surface area contributed by atoms with Crippen LogP contribution in [0.2, 0.25) is 0 Å². The molecule has 1 aromatic carbocycles. The number of nitrogens with one attached hydrogen (secondary N) is 2. The summed E-state index contributed by atoms with van der Waals surface area (Å²) < 4.78 is 55.7. The van der Waals surface area contributed by atoms with Gasteiger partial charge in [0.1, 0.15) is 11.9 Å². The van der Waals surface area contributed by atoms with Gasteiger partial charge in [-0.05, 0) is 46.2 Å². The van der Waals surface area contributed by atoms with Crippen LogP contribution in [0.3, 0.4) is 0 Å². The molecule has 2 aromatic heterocycles. The number of nitriles is 1. The Morgan fingerprint density at radius 3 is 2.66 bits per heavy atom. The molecule has 0 radical (unpaired) electrons. The average Bonchev–Trinajstić information content (AvgIpc) is 3.24. The van der Waals surface area contributed by atoms with Gasteiger partial charge in [0.05, 0.1) is 5.56 Å². The van der Waals surface area contributed by atoms with Gasteiger partial charge in [-0.1, -0.05) is 5.16 Å². The molecule has 10 nitrogen and oxygen atoms in total. The number of anilines is 2. The summed E-state index contributed by atoms with van der Waals surface area (Å²) in [5.41, 5.74) is 0.210. The Kier molecular flexibility index (Phi) is 6.59. The number of rotatable bonds is 6. The van der Waals surface area contributed by atoms with Crippen LogP contribution in [0, 0.1) is 17.1 Å². The SMILES string of the molecule is N#Cc1cc(NC(=NOC(=O)C(F)(F)F)c2nonc2NCc2ccncc2)ccc1F. The van der Waals surface area contributed by atoms with E-state index in [9.17, 15) is 22.4 Å². The van der Waals surface area contributed by atoms with Gasteiger partial charge in [-0.25, -0.2) is 13.8 Å². The number of aromatic nitrogens is 3. The van der Waals surface area contributed by atoms with Crippen molar-refractivity contribution < 1.29 is 31.8 Å². The number of amidine groups is 1. The van der Waals surface area contributed by atoms with Crippen molar-refractivity contribution in [2.75, 3.05) is 10.6 Å². The Morgan fingerprint density at radius 1 is 1.22 bits per heavy atom. The lowest BCUT2D eigenvalue weighted by atomic mass is 10.2. The highest BCUT2D eigenvalue weighted by atomic mass is 19.4. The summed E-state index contributed by atoms with van der Waals surface area (Å²) >= 11 is 0. The summed E-state index contributed by atoms with van der Waals surface area (Å²) in [6.45, 7) is 0.203. The number of hydrogen-bond acceptors (Lipinski definition) is 9. The van der Waals surface area contributed by atoms with Gasteiger partial charge < -0.3 is 15.5 Å². The van der Waals surface area contributed by atoms with Gasteiger partial charge >= 0.3 is 12.1 Å². The first-order chi connectivity index (χ1) is 15.3. The third kappa shape index (κ3) is 5.53. The minimum Gasteiger partial charge on any atom is -0.361 e. The van der Waals surface area contributed by atoms with Crippen molar-refractivity contribution in [1.82, 2.24) is 15.3 Å². The van der Waals surface area contributed by atoms with Crippen LogP contribution in [0.4, 0.5) is 29.1 Å². The molecule has 0 spiro atoms. The van der Waals surface area contributed by atoms with E-state index in [1.165, 1.54) is 6.07 Å². The van der Waals surface area contributed by atoms with Crippen LogP contribution in [0.5, 0.6) is 0 Å². The van der Waals surface area contributed by atoms with Gasteiger partial charge in [0, 0.05) is 24.6 Å². The molecule has 3 rings (SSSR count). The number of oxime groups is 1. The fourth-order valence-electron chi connectivity index (χ4n) is 2.24. The molecule has 3 aromatic rings. The van der Waals surface area contributed by atoms with E-state index in [1.54, 1.807) is 30.6 Å². The summed E-state index contributed by atoms with van der Waals surface area (Å²) in [4.78, 5) is 18.9. The highest BCUT2D eigenvalue weighted by Gasteiger charge is 2.42. The van der Waals surface area contributed by atoms with E-state index >= 15 is 0 Å². The van der Waals surface area contributed by atoms with Gasteiger partial charge in [0.2, 0.25) is 11.7 Å². The molecule has 0 saturated heterocycles. The smallest absolute Gasteiger partial charge is 0.361 e. The van der Waals surface area contributed by atoms with Crippen molar-refractivity contribution in [1.29, 1.82) is 5.26 Å². The van der Waals surface area contributed by atoms with Crippen LogP contribution in [-0.4, -0.2) is 33.3 Å². The minimum atomic E-state index is -5.30. The zero-order chi connectivity index (χ0) is 23.1. The molecule has 0 atom stereocenters. The highest BCUT2D eigenvalue weighted by Crippen LogP contribution is 2.20. The third-order valence-corrected chi connectivity index (χ3v) is 3.72. The summed E-state index contributed by atoms with van der Waals surface area (Å²) in [6.07, 6.45) is -2.21. The van der Waals surface area contributed by atoms with E-state index in [4.69, 9.17) is 5.26 Å². The summed E-state index contributed by atoms with van der Waals surface area (Å²) in [6, 6.07) is 8.19. The van der Waals surface area contributed by atoms with Gasteiger partial charge in [0.25, 0.3) is 0 Å². The molecule has 0 aliphatic rings. The van der Waals surface area contributed by atoms with Gasteiger partial charge in [0.15, 0.2) is 5.69 Å². The van der Waals surface area contributed by atoms with E-state index in [-0.39, 0.29) is 29.3 Å². The molecule has 164 valence electrons. The molecular formula is C18H11F4N7O3. The standard InChI is InChI=1S/C18H11F4N7O3/c19-13-2-1-12(7-11(13)8-23)26-16(28-31-17(30)18(20,21)22)14-15(29-32-27-14)25-9-10-3-5-24-6-4-10/h1-7H,9H2,(H,25,29)(H,26,28). The molecule has 2 N–H and O–H groups in total. The molecule has 0 aliphatic carbocycles. The van der Waals surface area contributed by atoms with Crippen LogP contribution < -0.4 is 10.6 Å².